The maximum Gasteiger partial charge on any atom is 0.315 e. The first-order valence-electron chi connectivity index (χ1n) is 6.35. The van der Waals surface area contributed by atoms with Gasteiger partial charge >= 0.3 is 6.03 Å². The van der Waals surface area contributed by atoms with Crippen LogP contribution in [0.4, 0.5) is 9.18 Å². The van der Waals surface area contributed by atoms with Gasteiger partial charge in [-0.05, 0) is 36.8 Å². The van der Waals surface area contributed by atoms with Crippen molar-refractivity contribution in [3.63, 3.8) is 0 Å². The lowest BCUT2D eigenvalue weighted by Gasteiger charge is -2.15. The van der Waals surface area contributed by atoms with Gasteiger partial charge in [-0.1, -0.05) is 18.2 Å². The number of nitrogens with one attached hydrogen (secondary N) is 2. The van der Waals surface area contributed by atoms with Gasteiger partial charge in [0.15, 0.2) is 0 Å². The van der Waals surface area contributed by atoms with Crippen LogP contribution in [-0.2, 0) is 6.54 Å². The minimum atomic E-state index is -0.291. The van der Waals surface area contributed by atoms with E-state index >= 15 is 0 Å². The summed E-state index contributed by atoms with van der Waals surface area (Å²) in [7, 11) is 0. The monoisotopic (exact) mass is 273 g/mol. The number of hydrogen-bond donors (Lipinski definition) is 2. The largest absolute Gasteiger partial charge is 0.332 e. The van der Waals surface area contributed by atoms with Crippen LogP contribution in [0.15, 0.2) is 48.7 Å². The molecule has 0 saturated carbocycles. The molecule has 0 aliphatic carbocycles. The Morgan fingerprint density at radius 1 is 1.25 bits per heavy atom. The van der Waals surface area contributed by atoms with E-state index in [0.717, 1.165) is 11.3 Å². The molecule has 2 N–H and O–H groups in total. The molecule has 0 radical (unpaired) electrons. The average Bonchev–Trinajstić information content (AvgIpc) is 2.47. The van der Waals surface area contributed by atoms with Crippen LogP contribution in [0.1, 0.15) is 24.2 Å². The van der Waals surface area contributed by atoms with Crippen LogP contribution in [-0.4, -0.2) is 11.0 Å². The zero-order valence-corrected chi connectivity index (χ0v) is 11.1. The zero-order valence-electron chi connectivity index (χ0n) is 11.1. The van der Waals surface area contributed by atoms with Crippen LogP contribution in [0, 0.1) is 5.82 Å². The van der Waals surface area contributed by atoms with Crippen molar-refractivity contribution in [1.29, 1.82) is 0 Å². The Balaban J connectivity index is 1.83. The second kappa shape index (κ2) is 6.65. The van der Waals surface area contributed by atoms with E-state index in [0.29, 0.717) is 6.54 Å². The molecule has 0 aliphatic rings. The molecule has 0 bridgehead atoms. The van der Waals surface area contributed by atoms with Crippen molar-refractivity contribution in [2.45, 2.75) is 19.5 Å². The van der Waals surface area contributed by atoms with Gasteiger partial charge in [-0.25, -0.2) is 9.18 Å². The molecule has 20 heavy (non-hydrogen) atoms. The molecular formula is C15H16FN3O. The molecule has 1 aromatic heterocycles. The summed E-state index contributed by atoms with van der Waals surface area (Å²) >= 11 is 0. The summed E-state index contributed by atoms with van der Waals surface area (Å²) in [6, 6.07) is 11.1. The highest BCUT2D eigenvalue weighted by molar-refractivity contribution is 5.74. The van der Waals surface area contributed by atoms with Crippen molar-refractivity contribution in [2.24, 2.45) is 0 Å². The van der Waals surface area contributed by atoms with E-state index in [1.54, 1.807) is 18.3 Å². The fourth-order valence-electron chi connectivity index (χ4n) is 1.76. The highest BCUT2D eigenvalue weighted by Gasteiger charge is 2.09. The topological polar surface area (TPSA) is 54.0 Å². The number of nitrogens with zero attached hydrogens (tertiary/aromatic N) is 1. The minimum absolute atomic E-state index is 0.195. The summed E-state index contributed by atoms with van der Waals surface area (Å²) in [6.07, 6.45) is 1.68. The second-order valence-electron chi connectivity index (χ2n) is 4.42. The third-order valence-electron chi connectivity index (χ3n) is 2.87. The van der Waals surface area contributed by atoms with Crippen molar-refractivity contribution >= 4 is 6.03 Å². The molecular weight excluding hydrogens is 257 g/mol. The van der Waals surface area contributed by atoms with Crippen molar-refractivity contribution in [1.82, 2.24) is 15.6 Å². The summed E-state index contributed by atoms with van der Waals surface area (Å²) in [5.41, 5.74) is 1.64. The van der Waals surface area contributed by atoms with Gasteiger partial charge in [0.1, 0.15) is 5.82 Å². The number of amides is 2. The van der Waals surface area contributed by atoms with E-state index in [1.165, 1.54) is 12.1 Å². The van der Waals surface area contributed by atoms with E-state index in [-0.39, 0.29) is 17.9 Å². The van der Waals surface area contributed by atoms with Crippen molar-refractivity contribution in [3.8, 4) is 0 Å². The highest BCUT2D eigenvalue weighted by Crippen LogP contribution is 2.12. The molecule has 0 unspecified atom stereocenters. The summed E-state index contributed by atoms with van der Waals surface area (Å²) in [5.74, 6) is -0.291. The fraction of sp³-hybridized carbons (Fsp3) is 0.200. The Kier molecular flexibility index (Phi) is 4.65. The number of urea groups is 1. The average molecular weight is 273 g/mol. The molecule has 0 fully saturated rings. The van der Waals surface area contributed by atoms with Crippen molar-refractivity contribution in [3.05, 3.63) is 65.7 Å². The lowest BCUT2D eigenvalue weighted by Crippen LogP contribution is -2.36. The molecule has 2 aromatic rings. The molecule has 0 saturated heterocycles. The molecule has 1 atom stereocenters. The van der Waals surface area contributed by atoms with Crippen LogP contribution >= 0.6 is 0 Å². The molecule has 2 rings (SSSR count). The molecule has 104 valence electrons. The Morgan fingerprint density at radius 3 is 2.65 bits per heavy atom. The predicted octanol–water partition coefficient (Wildman–Crippen LogP) is 2.78. The third kappa shape index (κ3) is 4.05. The summed E-state index contributed by atoms with van der Waals surface area (Å²) < 4.78 is 12.8. The van der Waals surface area contributed by atoms with Gasteiger partial charge < -0.3 is 10.6 Å². The SMILES string of the molecule is C[C@@H](NC(=O)NCc1ccccn1)c1ccc(F)cc1. The predicted molar refractivity (Wildman–Crippen MR) is 74.4 cm³/mol. The summed E-state index contributed by atoms with van der Waals surface area (Å²) in [5, 5.41) is 5.51. The first-order valence-corrected chi connectivity index (χ1v) is 6.35. The van der Waals surface area contributed by atoms with Crippen molar-refractivity contribution in [2.75, 3.05) is 0 Å². The molecule has 1 aromatic carbocycles. The number of hydrogen-bond acceptors (Lipinski definition) is 2. The zero-order chi connectivity index (χ0) is 14.4. The van der Waals surface area contributed by atoms with Crippen LogP contribution in [0.25, 0.3) is 0 Å². The Morgan fingerprint density at radius 2 is 2.00 bits per heavy atom. The van der Waals surface area contributed by atoms with Crippen molar-refractivity contribution < 1.29 is 9.18 Å². The van der Waals surface area contributed by atoms with Gasteiger partial charge in [-0.2, -0.15) is 0 Å². The lowest BCUT2D eigenvalue weighted by molar-refractivity contribution is 0.237. The van der Waals surface area contributed by atoms with Gasteiger partial charge in [0.25, 0.3) is 0 Å². The van der Waals surface area contributed by atoms with E-state index in [2.05, 4.69) is 15.6 Å². The minimum Gasteiger partial charge on any atom is -0.332 e. The first kappa shape index (κ1) is 14.0. The van der Waals surface area contributed by atoms with E-state index in [1.807, 2.05) is 25.1 Å². The lowest BCUT2D eigenvalue weighted by atomic mass is 10.1. The van der Waals surface area contributed by atoms with Crippen LogP contribution < -0.4 is 10.6 Å². The summed E-state index contributed by atoms with van der Waals surface area (Å²) in [4.78, 5) is 15.9. The van der Waals surface area contributed by atoms with Crippen LogP contribution in [0.5, 0.6) is 0 Å². The normalized spacial score (nSPS) is 11.7. The Bertz CT molecular complexity index is 557. The van der Waals surface area contributed by atoms with Gasteiger partial charge in [0, 0.05) is 6.20 Å². The third-order valence-corrected chi connectivity index (χ3v) is 2.87. The highest BCUT2D eigenvalue weighted by atomic mass is 19.1. The van der Waals surface area contributed by atoms with Gasteiger partial charge in [-0.15, -0.1) is 0 Å². The second-order valence-corrected chi connectivity index (χ2v) is 4.42. The van der Waals surface area contributed by atoms with Crippen LogP contribution in [0.3, 0.4) is 0 Å². The van der Waals surface area contributed by atoms with Crippen LogP contribution in [0.2, 0.25) is 0 Å². The summed E-state index contributed by atoms with van der Waals surface area (Å²) in [6.45, 7) is 2.20. The molecule has 0 spiro atoms. The number of benzene rings is 1. The van der Waals surface area contributed by atoms with Gasteiger partial charge in [0.2, 0.25) is 0 Å². The maximum absolute atomic E-state index is 12.8. The maximum atomic E-state index is 12.8. The standard InChI is InChI=1S/C15H16FN3O/c1-11(12-5-7-13(16)8-6-12)19-15(20)18-10-14-4-2-3-9-17-14/h2-9,11H,10H2,1H3,(H2,18,19,20)/t11-/m1/s1. The Labute approximate surface area is 117 Å². The molecule has 2 amide bonds. The number of carbonyl (C=O) groups excluding carboxylic acids is 1. The molecule has 1 heterocycles. The first-order chi connectivity index (χ1) is 9.65. The van der Waals surface area contributed by atoms with Gasteiger partial charge in [0.05, 0.1) is 18.3 Å². The molecule has 5 heteroatoms. The Hall–Kier alpha value is -2.43. The number of rotatable bonds is 4. The van der Waals surface area contributed by atoms with E-state index in [4.69, 9.17) is 0 Å². The smallest absolute Gasteiger partial charge is 0.315 e. The number of aromatic nitrogens is 1. The number of halogens is 1. The van der Waals surface area contributed by atoms with E-state index in [9.17, 15) is 9.18 Å². The fourth-order valence-corrected chi connectivity index (χ4v) is 1.76. The quantitative estimate of drug-likeness (QED) is 0.900. The molecule has 4 nitrogen and oxygen atoms in total. The number of pyridine rings is 1. The van der Waals surface area contributed by atoms with Gasteiger partial charge in [-0.3, -0.25) is 4.98 Å². The molecule has 0 aliphatic heterocycles. The van der Waals surface area contributed by atoms with E-state index < -0.39 is 0 Å². The number of carbonyl (C=O) groups is 1.